The van der Waals surface area contributed by atoms with Crippen LogP contribution in [-0.2, 0) is 19.3 Å². The largest absolute Gasteiger partial charge is 0.294 e. The van der Waals surface area contributed by atoms with Gasteiger partial charge in [0.15, 0.2) is 5.78 Å². The number of fused-ring (bicyclic) bond motifs is 1. The second-order valence-corrected chi connectivity index (χ2v) is 13.0. The maximum atomic E-state index is 12.7. The summed E-state index contributed by atoms with van der Waals surface area (Å²) in [6.07, 6.45) is 14.0. The summed E-state index contributed by atoms with van der Waals surface area (Å²) in [6, 6.07) is 14.9. The van der Waals surface area contributed by atoms with Crippen LogP contribution in [-0.4, -0.2) is 5.78 Å². The van der Waals surface area contributed by atoms with Crippen molar-refractivity contribution in [2.24, 2.45) is 29.1 Å². The Balaban J connectivity index is 0.000000655. The molecule has 1 fully saturated rings. The fourth-order valence-corrected chi connectivity index (χ4v) is 6.04. The molecule has 1 heteroatoms. The normalized spacial score (nSPS) is 21.9. The zero-order valence-electron chi connectivity index (χ0n) is 24.6. The first-order valence-electron chi connectivity index (χ1n) is 15.0. The second kappa shape index (κ2) is 13.6. The van der Waals surface area contributed by atoms with Crippen LogP contribution in [0.3, 0.4) is 0 Å². The number of Topliss-reactive ketones (excluding diaryl/α,β-unsaturated/α-hetero) is 1. The quantitative estimate of drug-likeness (QED) is 0.327. The number of hydrogen-bond donors (Lipinski definition) is 0. The number of rotatable bonds is 8. The van der Waals surface area contributed by atoms with Gasteiger partial charge in [-0.25, -0.2) is 0 Å². The van der Waals surface area contributed by atoms with E-state index in [1.54, 1.807) is 0 Å². The molecule has 2 aliphatic rings. The van der Waals surface area contributed by atoms with Gasteiger partial charge in [-0.15, -0.1) is 0 Å². The highest BCUT2D eigenvalue weighted by Gasteiger charge is 2.23. The fraction of sp³-hybridized carbons (Fsp3) is 0.583. The van der Waals surface area contributed by atoms with Gasteiger partial charge in [0, 0.05) is 14.8 Å². The lowest BCUT2D eigenvalue weighted by molar-refractivity contribution is 0.0957. The molecule has 0 N–H and O–H groups in total. The van der Waals surface area contributed by atoms with E-state index in [9.17, 15) is 4.79 Å². The Morgan fingerprint density at radius 1 is 1.08 bits per heavy atom. The summed E-state index contributed by atoms with van der Waals surface area (Å²) in [7, 11) is 0. The Hall–Kier alpha value is -2.15. The molecule has 206 valence electrons. The van der Waals surface area contributed by atoms with Crippen LogP contribution in [0.25, 0.3) is 6.08 Å². The minimum atomic E-state index is 0. The molecule has 2 aromatic carbocycles. The molecule has 0 heterocycles. The number of ketones is 1. The molecule has 0 aromatic heterocycles. The lowest BCUT2D eigenvalue weighted by Crippen LogP contribution is -2.19. The highest BCUT2D eigenvalue weighted by atomic mass is 16.1. The van der Waals surface area contributed by atoms with E-state index in [2.05, 4.69) is 66.3 Å². The van der Waals surface area contributed by atoms with Crippen LogP contribution in [0.1, 0.15) is 122 Å². The molecule has 1 unspecified atom stereocenters. The maximum Gasteiger partial charge on any atom is 0.163 e. The lowest BCUT2D eigenvalue weighted by Gasteiger charge is -2.28. The first-order chi connectivity index (χ1) is 17.6. The monoisotopic (exact) mass is 504 g/mol. The maximum absolute atomic E-state index is 12.7. The average Bonchev–Trinajstić information content (AvgIpc) is 3.31. The number of carbonyl (C=O) groups is 1. The Labute approximate surface area is 231 Å². The third-order valence-corrected chi connectivity index (χ3v) is 9.45. The molecule has 4 rings (SSSR count). The standard InChI is InChI=1S/C28H36O.C8H16.2H2/c1-6-21-9-13-24(14-10-21)27(29)19-23-12-16-25-17-22(11-15-26(25)18-23)8-7-20(2)28(3,4)5;1-3-8-6-4-5-7(8)2;;/h6,9-11,13-15,17,20,23H,1,7-8,12,16,18-19H2,2-5H3;7-8H,3-6H2,1-2H3;2*1H/t20-,23+;7?,8-;;/m11../s1. The van der Waals surface area contributed by atoms with E-state index >= 15 is 0 Å². The van der Waals surface area contributed by atoms with Gasteiger partial charge in [0.2, 0.25) is 0 Å². The fourth-order valence-electron chi connectivity index (χ4n) is 6.04. The molecule has 0 amide bonds. The van der Waals surface area contributed by atoms with Crippen molar-refractivity contribution in [3.63, 3.8) is 0 Å². The molecular weight excluding hydrogens is 448 g/mol. The van der Waals surface area contributed by atoms with E-state index in [0.717, 1.165) is 54.6 Å². The summed E-state index contributed by atoms with van der Waals surface area (Å²) >= 11 is 0. The molecule has 37 heavy (non-hydrogen) atoms. The van der Waals surface area contributed by atoms with Gasteiger partial charge < -0.3 is 0 Å². The van der Waals surface area contributed by atoms with Gasteiger partial charge in [-0.2, -0.15) is 0 Å². The Kier molecular flexibility index (Phi) is 10.8. The minimum absolute atomic E-state index is 0. The van der Waals surface area contributed by atoms with Crippen molar-refractivity contribution >= 4 is 11.9 Å². The van der Waals surface area contributed by atoms with Crippen molar-refractivity contribution in [3.05, 3.63) is 76.9 Å². The van der Waals surface area contributed by atoms with Crippen molar-refractivity contribution in [3.8, 4) is 0 Å². The van der Waals surface area contributed by atoms with E-state index in [4.69, 9.17) is 0 Å². The summed E-state index contributed by atoms with van der Waals surface area (Å²) in [5.74, 6) is 3.53. The number of hydrogen-bond acceptors (Lipinski definition) is 1. The van der Waals surface area contributed by atoms with Crippen molar-refractivity contribution in [1.29, 1.82) is 0 Å². The van der Waals surface area contributed by atoms with Crippen molar-refractivity contribution < 1.29 is 7.65 Å². The zero-order chi connectivity index (χ0) is 27.0. The molecule has 0 radical (unpaired) electrons. The van der Waals surface area contributed by atoms with Crippen LogP contribution in [0.4, 0.5) is 0 Å². The molecule has 1 saturated carbocycles. The van der Waals surface area contributed by atoms with E-state index in [1.807, 2.05) is 30.3 Å². The zero-order valence-corrected chi connectivity index (χ0v) is 24.6. The summed E-state index contributed by atoms with van der Waals surface area (Å²) in [5.41, 5.74) is 6.68. The number of carbonyl (C=O) groups excluding carboxylic acids is 1. The van der Waals surface area contributed by atoms with Gasteiger partial charge in [0.05, 0.1) is 0 Å². The number of benzene rings is 2. The Morgan fingerprint density at radius 3 is 2.38 bits per heavy atom. The molecule has 2 aromatic rings. The topological polar surface area (TPSA) is 17.1 Å². The summed E-state index contributed by atoms with van der Waals surface area (Å²) < 4.78 is 0. The van der Waals surface area contributed by atoms with Gasteiger partial charge in [-0.3, -0.25) is 4.79 Å². The van der Waals surface area contributed by atoms with Crippen LogP contribution >= 0.6 is 0 Å². The lowest BCUT2D eigenvalue weighted by atomic mass is 9.78. The molecule has 0 saturated heterocycles. The molecule has 0 spiro atoms. The van der Waals surface area contributed by atoms with Crippen LogP contribution in [0.2, 0.25) is 0 Å². The molecule has 2 aliphatic carbocycles. The van der Waals surface area contributed by atoms with Gasteiger partial charge in [0.1, 0.15) is 0 Å². The van der Waals surface area contributed by atoms with Crippen LogP contribution < -0.4 is 0 Å². The predicted octanol–water partition coefficient (Wildman–Crippen LogP) is 10.6. The minimum Gasteiger partial charge on any atom is -0.294 e. The summed E-state index contributed by atoms with van der Waals surface area (Å²) in [5, 5.41) is 0. The first kappa shape index (κ1) is 29.4. The summed E-state index contributed by atoms with van der Waals surface area (Å²) in [4.78, 5) is 12.7. The Bertz CT molecular complexity index is 1020. The van der Waals surface area contributed by atoms with E-state index in [-0.39, 0.29) is 8.64 Å². The first-order valence-corrected chi connectivity index (χ1v) is 15.0. The third-order valence-electron chi connectivity index (χ3n) is 9.45. The van der Waals surface area contributed by atoms with Gasteiger partial charge >= 0.3 is 0 Å². The molecular formula is C36H56O. The van der Waals surface area contributed by atoms with Crippen molar-refractivity contribution in [2.45, 2.75) is 106 Å². The van der Waals surface area contributed by atoms with Gasteiger partial charge in [-0.05, 0) is 83.4 Å². The molecule has 0 aliphatic heterocycles. The van der Waals surface area contributed by atoms with Crippen LogP contribution in [0.15, 0.2) is 49.0 Å². The molecule has 1 nitrogen and oxygen atoms in total. The highest BCUT2D eigenvalue weighted by Crippen LogP contribution is 2.33. The third kappa shape index (κ3) is 8.69. The van der Waals surface area contributed by atoms with E-state index in [0.29, 0.717) is 17.8 Å². The SMILES string of the molecule is C=Cc1ccc(C(=O)C[C@H]2CCc3cc(CC[C@@H](C)C(C)(C)C)ccc3C2)cc1.CC[C@@H]1CCCC1C.[HH].[HH]. The molecule has 4 atom stereocenters. The number of aryl methyl sites for hydroxylation is 2. The van der Waals surface area contributed by atoms with Crippen LogP contribution in [0, 0.1) is 29.1 Å². The van der Waals surface area contributed by atoms with Crippen molar-refractivity contribution in [2.75, 3.05) is 0 Å². The van der Waals surface area contributed by atoms with E-state index < -0.39 is 0 Å². The van der Waals surface area contributed by atoms with Crippen LogP contribution in [0.5, 0.6) is 0 Å². The summed E-state index contributed by atoms with van der Waals surface area (Å²) in [6.45, 7) is 17.8. The van der Waals surface area contributed by atoms with Crippen molar-refractivity contribution in [1.82, 2.24) is 0 Å². The highest BCUT2D eigenvalue weighted by molar-refractivity contribution is 5.96. The predicted molar refractivity (Wildman–Crippen MR) is 165 cm³/mol. The smallest absolute Gasteiger partial charge is 0.163 e. The second-order valence-electron chi connectivity index (χ2n) is 13.0. The van der Waals surface area contributed by atoms with E-state index in [1.165, 1.54) is 48.8 Å². The average molecular weight is 505 g/mol. The molecule has 0 bridgehead atoms. The Morgan fingerprint density at radius 2 is 1.81 bits per heavy atom. The van der Waals surface area contributed by atoms with Gasteiger partial charge in [-0.1, -0.05) is 122 Å². The van der Waals surface area contributed by atoms with Gasteiger partial charge in [0.25, 0.3) is 0 Å².